The Balaban J connectivity index is 1.13. The molecule has 2 amide bonds. The molecule has 0 saturated carbocycles. The summed E-state index contributed by atoms with van der Waals surface area (Å²) in [5, 5.41) is 23.1. The highest BCUT2D eigenvalue weighted by atomic mass is 19.1. The number of phenols is 1. The van der Waals surface area contributed by atoms with Gasteiger partial charge in [0, 0.05) is 43.9 Å². The van der Waals surface area contributed by atoms with E-state index in [0.29, 0.717) is 61.2 Å². The maximum absolute atomic E-state index is 15.0. The van der Waals surface area contributed by atoms with Crippen LogP contribution in [0.25, 0.3) is 11.3 Å². The number of benzene rings is 2. The smallest absolute Gasteiger partial charge is 0.255 e. The summed E-state index contributed by atoms with van der Waals surface area (Å²) < 4.78 is 25.1. The van der Waals surface area contributed by atoms with Gasteiger partial charge in [-0.3, -0.25) is 9.59 Å². The molecule has 38 heavy (non-hydrogen) atoms. The van der Waals surface area contributed by atoms with Gasteiger partial charge in [-0.15, -0.1) is 0 Å². The Kier molecular flexibility index (Phi) is 7.20. The van der Waals surface area contributed by atoms with Crippen molar-refractivity contribution >= 4 is 23.3 Å². The topological polar surface area (TPSA) is 137 Å². The van der Waals surface area contributed by atoms with Crippen molar-refractivity contribution in [1.82, 2.24) is 20.5 Å². The third kappa shape index (κ3) is 5.59. The fourth-order valence-corrected chi connectivity index (χ4v) is 4.16. The Morgan fingerprint density at radius 3 is 2.58 bits per heavy atom. The summed E-state index contributed by atoms with van der Waals surface area (Å²) in [5.41, 5.74) is 1.63. The van der Waals surface area contributed by atoms with E-state index in [1.165, 1.54) is 24.5 Å². The molecule has 0 atom stereocenters. The number of hydrogen-bond donors (Lipinski definition) is 3. The minimum Gasteiger partial charge on any atom is -0.507 e. The molecule has 0 unspecified atom stereocenters. The van der Waals surface area contributed by atoms with Crippen molar-refractivity contribution in [3.63, 3.8) is 0 Å². The van der Waals surface area contributed by atoms with Gasteiger partial charge in [0.05, 0.1) is 24.3 Å². The molecule has 3 N–H and O–H groups in total. The highest BCUT2D eigenvalue weighted by molar-refractivity contribution is 5.98. The van der Waals surface area contributed by atoms with E-state index in [2.05, 4.69) is 20.9 Å². The first kappa shape index (κ1) is 24.8. The molecule has 5 rings (SSSR count). The molecule has 1 aliphatic heterocycles. The molecule has 1 saturated heterocycles. The lowest BCUT2D eigenvalue weighted by Crippen LogP contribution is -2.51. The molecule has 12 heteroatoms. The molecule has 3 heterocycles. The Hall–Kier alpha value is -4.87. The number of amides is 2. The van der Waals surface area contributed by atoms with Gasteiger partial charge in [-0.05, 0) is 24.3 Å². The van der Waals surface area contributed by atoms with Crippen LogP contribution < -0.4 is 15.5 Å². The Morgan fingerprint density at radius 1 is 1.03 bits per heavy atom. The third-order valence-electron chi connectivity index (χ3n) is 6.21. The summed E-state index contributed by atoms with van der Waals surface area (Å²) in [6.07, 6.45) is 1.45. The number of aromatic nitrogens is 2. The first-order valence-electron chi connectivity index (χ1n) is 12.0. The largest absolute Gasteiger partial charge is 0.507 e. The number of carbonyl (C=O) groups excluding carboxylic acids is 2. The maximum Gasteiger partial charge on any atom is 0.255 e. The molecule has 2 aromatic carbocycles. The van der Waals surface area contributed by atoms with Gasteiger partial charge in [0.2, 0.25) is 5.91 Å². The molecule has 0 aliphatic carbocycles. The first-order valence-corrected chi connectivity index (χ1v) is 12.0. The standard InChI is InChI=1S/C26H25FN6O5/c27-20-13-17(21-14-18(38-30-21)15-28-24-7-12-37-31-24)5-6-22(20)32-8-10-33(11-9-32)25(35)16-29-26(36)19-3-1-2-4-23(19)34/h1-7,12-14,34H,8-11,15-16H2,(H,28,31)(H,29,36). The molecular weight excluding hydrogens is 495 g/mol. The van der Waals surface area contributed by atoms with Crippen LogP contribution in [0, 0.1) is 5.82 Å². The van der Waals surface area contributed by atoms with Gasteiger partial charge >= 0.3 is 0 Å². The summed E-state index contributed by atoms with van der Waals surface area (Å²) in [5.74, 6) is -0.195. The number of para-hydroxylation sites is 1. The van der Waals surface area contributed by atoms with Crippen molar-refractivity contribution < 1.29 is 28.1 Å². The van der Waals surface area contributed by atoms with Crippen LogP contribution in [0.15, 0.2) is 69.9 Å². The van der Waals surface area contributed by atoms with Gasteiger partial charge in [-0.25, -0.2) is 4.39 Å². The predicted octanol–water partition coefficient (Wildman–Crippen LogP) is 2.87. The highest BCUT2D eigenvalue weighted by Gasteiger charge is 2.24. The van der Waals surface area contributed by atoms with Crippen LogP contribution in [-0.4, -0.2) is 64.9 Å². The zero-order valence-corrected chi connectivity index (χ0v) is 20.3. The number of aromatic hydroxyl groups is 1. The van der Waals surface area contributed by atoms with Crippen LogP contribution >= 0.6 is 0 Å². The monoisotopic (exact) mass is 520 g/mol. The lowest BCUT2D eigenvalue weighted by molar-refractivity contribution is -0.130. The number of nitrogens with one attached hydrogen (secondary N) is 2. The zero-order chi connectivity index (χ0) is 26.5. The third-order valence-corrected chi connectivity index (χ3v) is 6.21. The van der Waals surface area contributed by atoms with Crippen LogP contribution in [-0.2, 0) is 11.3 Å². The number of anilines is 2. The quantitative estimate of drug-likeness (QED) is 0.320. The van der Waals surface area contributed by atoms with E-state index in [4.69, 9.17) is 9.05 Å². The molecular formula is C26H25FN6O5. The number of phenolic OH excluding ortho intramolecular Hbond substituents is 1. The summed E-state index contributed by atoms with van der Waals surface area (Å²) in [6.45, 7) is 1.81. The lowest BCUT2D eigenvalue weighted by atomic mass is 10.1. The second-order valence-electron chi connectivity index (χ2n) is 8.65. The molecule has 11 nitrogen and oxygen atoms in total. The van der Waals surface area contributed by atoms with Gasteiger partial charge in [0.25, 0.3) is 5.91 Å². The minimum absolute atomic E-state index is 0.106. The maximum atomic E-state index is 15.0. The molecule has 0 spiro atoms. The summed E-state index contributed by atoms with van der Waals surface area (Å²) in [7, 11) is 0. The van der Waals surface area contributed by atoms with Crippen LogP contribution in [0.4, 0.5) is 15.9 Å². The van der Waals surface area contributed by atoms with E-state index < -0.39 is 11.7 Å². The van der Waals surface area contributed by atoms with Gasteiger partial charge in [0.15, 0.2) is 11.6 Å². The van der Waals surface area contributed by atoms with E-state index in [1.807, 2.05) is 4.90 Å². The van der Waals surface area contributed by atoms with E-state index >= 15 is 4.39 Å². The minimum atomic E-state index is -0.525. The van der Waals surface area contributed by atoms with Crippen LogP contribution in [0.5, 0.6) is 5.75 Å². The Bertz CT molecular complexity index is 1420. The Morgan fingerprint density at radius 2 is 1.84 bits per heavy atom. The van der Waals surface area contributed by atoms with Crippen LogP contribution in [0.2, 0.25) is 0 Å². The van der Waals surface area contributed by atoms with Crippen LogP contribution in [0.3, 0.4) is 0 Å². The van der Waals surface area contributed by atoms with E-state index in [0.717, 1.165) is 0 Å². The lowest BCUT2D eigenvalue weighted by Gasteiger charge is -2.36. The average molecular weight is 521 g/mol. The first-order chi connectivity index (χ1) is 18.5. The summed E-state index contributed by atoms with van der Waals surface area (Å²) >= 11 is 0. The second kappa shape index (κ2) is 11.0. The fraction of sp³-hybridized carbons (Fsp3) is 0.231. The van der Waals surface area contributed by atoms with Crippen LogP contribution in [0.1, 0.15) is 16.1 Å². The molecule has 1 aliphatic rings. The molecule has 1 fully saturated rings. The van der Waals surface area contributed by atoms with Crippen molar-refractivity contribution in [2.45, 2.75) is 6.54 Å². The average Bonchev–Trinajstić information content (AvgIpc) is 3.63. The Labute approximate surface area is 216 Å². The van der Waals surface area contributed by atoms with Crippen molar-refractivity contribution in [1.29, 1.82) is 0 Å². The molecule has 2 aromatic heterocycles. The molecule has 196 valence electrons. The summed E-state index contributed by atoms with van der Waals surface area (Å²) in [4.78, 5) is 28.3. The molecule has 4 aromatic rings. The normalized spacial score (nSPS) is 13.4. The molecule has 0 bridgehead atoms. The van der Waals surface area contributed by atoms with Crippen molar-refractivity contribution in [2.75, 3.05) is 42.9 Å². The fourth-order valence-electron chi connectivity index (χ4n) is 4.16. The SMILES string of the molecule is O=C(NCC(=O)N1CCN(c2ccc(-c3cc(CNc4ccon4)on3)cc2F)CC1)c1ccccc1O. The molecule has 0 radical (unpaired) electrons. The summed E-state index contributed by atoms with van der Waals surface area (Å²) in [6, 6.07) is 14.4. The van der Waals surface area contributed by atoms with Gasteiger partial charge < -0.3 is 34.6 Å². The number of halogens is 1. The van der Waals surface area contributed by atoms with Crippen molar-refractivity contribution in [3.8, 4) is 17.0 Å². The number of nitrogens with zero attached hydrogens (tertiary/aromatic N) is 4. The number of rotatable bonds is 8. The zero-order valence-electron chi connectivity index (χ0n) is 20.3. The second-order valence-corrected chi connectivity index (χ2v) is 8.65. The van der Waals surface area contributed by atoms with Gasteiger partial charge in [-0.2, -0.15) is 0 Å². The van der Waals surface area contributed by atoms with Crippen molar-refractivity contribution in [3.05, 3.63) is 78.0 Å². The van der Waals surface area contributed by atoms with Gasteiger partial charge in [-0.1, -0.05) is 28.5 Å². The van der Waals surface area contributed by atoms with Gasteiger partial charge in [0.1, 0.15) is 23.5 Å². The number of carbonyl (C=O) groups is 2. The predicted molar refractivity (Wildman–Crippen MR) is 135 cm³/mol. The number of piperazine rings is 1. The van der Waals surface area contributed by atoms with E-state index in [9.17, 15) is 14.7 Å². The van der Waals surface area contributed by atoms with E-state index in [-0.39, 0.29) is 23.8 Å². The number of hydrogen-bond acceptors (Lipinski definition) is 9. The van der Waals surface area contributed by atoms with Crippen molar-refractivity contribution in [2.24, 2.45) is 0 Å². The highest BCUT2D eigenvalue weighted by Crippen LogP contribution is 2.27. The van der Waals surface area contributed by atoms with E-state index in [1.54, 1.807) is 41.3 Å².